The lowest BCUT2D eigenvalue weighted by molar-refractivity contribution is 0.519. The van der Waals surface area contributed by atoms with E-state index in [9.17, 15) is 8.42 Å². The minimum Gasteiger partial charge on any atom is -0.262 e. The molecule has 1 aliphatic heterocycles. The van der Waals surface area contributed by atoms with Crippen molar-refractivity contribution in [2.75, 3.05) is 6.54 Å². The zero-order valence-corrected chi connectivity index (χ0v) is 15.3. The quantitative estimate of drug-likeness (QED) is 0.794. The number of sulfonamides is 1. The number of hydrogen-bond acceptors (Lipinski definition) is 3. The van der Waals surface area contributed by atoms with Gasteiger partial charge >= 0.3 is 0 Å². The first-order valence-corrected chi connectivity index (χ1v) is 9.51. The highest BCUT2D eigenvalue weighted by Crippen LogP contribution is 2.33. The molecule has 0 saturated heterocycles. The Kier molecular flexibility index (Phi) is 4.29. The number of rotatable bonds is 3. The van der Waals surface area contributed by atoms with Crippen LogP contribution in [0, 0.1) is 6.92 Å². The molecule has 0 N–H and O–H groups in total. The highest BCUT2D eigenvalue weighted by atomic mass is 79.9. The van der Waals surface area contributed by atoms with Gasteiger partial charge in [0.15, 0.2) is 0 Å². The third kappa shape index (κ3) is 3.05. The van der Waals surface area contributed by atoms with Crippen LogP contribution in [0.15, 0.2) is 62.9 Å². The summed E-state index contributed by atoms with van der Waals surface area (Å²) in [4.78, 5) is 4.84. The molecule has 0 aliphatic carbocycles. The van der Waals surface area contributed by atoms with Gasteiger partial charge < -0.3 is 0 Å². The molecule has 3 rings (SSSR count). The SMILES string of the molecule is CC1=NC(c2ccccc2Br)CN1S(=O)(=O)c1ccc(C)cc1. The maximum absolute atomic E-state index is 12.9. The summed E-state index contributed by atoms with van der Waals surface area (Å²) in [5.41, 5.74) is 2.02. The Balaban J connectivity index is 1.92. The van der Waals surface area contributed by atoms with Crippen LogP contribution in [0.25, 0.3) is 0 Å². The highest BCUT2D eigenvalue weighted by molar-refractivity contribution is 9.10. The standard InChI is InChI=1S/C17H17BrN2O2S/c1-12-7-9-14(10-8-12)23(21,22)20-11-17(19-13(20)2)15-5-3-4-6-16(15)18/h3-10,17H,11H2,1-2H3. The Morgan fingerprint density at radius 1 is 1.09 bits per heavy atom. The molecule has 1 heterocycles. The predicted octanol–water partition coefficient (Wildman–Crippen LogP) is 3.92. The Bertz CT molecular complexity index is 860. The van der Waals surface area contributed by atoms with Gasteiger partial charge in [0, 0.05) is 4.47 Å². The average molecular weight is 393 g/mol. The van der Waals surface area contributed by atoms with Crippen molar-refractivity contribution in [3.63, 3.8) is 0 Å². The summed E-state index contributed by atoms with van der Waals surface area (Å²) < 4.78 is 28.0. The minimum absolute atomic E-state index is 0.189. The van der Waals surface area contributed by atoms with Gasteiger partial charge in [0.1, 0.15) is 5.84 Å². The van der Waals surface area contributed by atoms with Crippen molar-refractivity contribution in [1.82, 2.24) is 4.31 Å². The highest BCUT2D eigenvalue weighted by Gasteiger charge is 2.34. The van der Waals surface area contributed by atoms with Crippen molar-refractivity contribution in [3.8, 4) is 0 Å². The molecule has 120 valence electrons. The molecule has 2 aromatic rings. The van der Waals surface area contributed by atoms with Gasteiger partial charge in [0.05, 0.1) is 17.5 Å². The third-order valence-corrected chi connectivity index (χ3v) is 6.50. The molecular weight excluding hydrogens is 376 g/mol. The lowest BCUT2D eigenvalue weighted by atomic mass is 10.1. The van der Waals surface area contributed by atoms with Gasteiger partial charge in [-0.25, -0.2) is 8.42 Å². The van der Waals surface area contributed by atoms with Crippen LogP contribution < -0.4 is 0 Å². The monoisotopic (exact) mass is 392 g/mol. The molecule has 2 aromatic carbocycles. The summed E-state index contributed by atoms with van der Waals surface area (Å²) in [7, 11) is -3.57. The molecule has 0 saturated carbocycles. The topological polar surface area (TPSA) is 49.7 Å². The van der Waals surface area contributed by atoms with Gasteiger partial charge in [0.25, 0.3) is 10.0 Å². The second-order valence-electron chi connectivity index (χ2n) is 5.56. The molecule has 4 nitrogen and oxygen atoms in total. The Hall–Kier alpha value is -1.66. The first-order valence-electron chi connectivity index (χ1n) is 7.28. The van der Waals surface area contributed by atoms with E-state index in [2.05, 4.69) is 20.9 Å². The van der Waals surface area contributed by atoms with Crippen molar-refractivity contribution < 1.29 is 8.42 Å². The van der Waals surface area contributed by atoms with Crippen molar-refractivity contribution in [2.24, 2.45) is 4.99 Å². The molecule has 0 aromatic heterocycles. The molecule has 0 bridgehead atoms. The number of halogens is 1. The normalized spacial score (nSPS) is 18.1. The first-order chi connectivity index (χ1) is 10.9. The van der Waals surface area contributed by atoms with E-state index in [4.69, 9.17) is 0 Å². The average Bonchev–Trinajstić information content (AvgIpc) is 2.90. The molecule has 0 amide bonds. The minimum atomic E-state index is -3.57. The second-order valence-corrected chi connectivity index (χ2v) is 8.28. The summed E-state index contributed by atoms with van der Waals surface area (Å²) in [6.45, 7) is 4.00. The smallest absolute Gasteiger partial charge is 0.262 e. The van der Waals surface area contributed by atoms with Crippen molar-refractivity contribution in [3.05, 3.63) is 64.1 Å². The Labute approximate surface area is 145 Å². The van der Waals surface area contributed by atoms with Gasteiger partial charge in [-0.05, 0) is 37.6 Å². The first kappa shape index (κ1) is 16.2. The summed E-state index contributed by atoms with van der Waals surface area (Å²) in [5, 5.41) is 0. The fraction of sp³-hybridized carbons (Fsp3) is 0.235. The summed E-state index contributed by atoms with van der Waals surface area (Å²) in [6, 6.07) is 14.5. The van der Waals surface area contributed by atoms with Crippen LogP contribution in [0.2, 0.25) is 0 Å². The molecule has 0 radical (unpaired) electrons. The van der Waals surface area contributed by atoms with Crippen LogP contribution in [-0.2, 0) is 10.0 Å². The summed E-state index contributed by atoms with van der Waals surface area (Å²) >= 11 is 3.51. The molecule has 23 heavy (non-hydrogen) atoms. The van der Waals surface area contributed by atoms with Crippen LogP contribution in [0.3, 0.4) is 0 Å². The van der Waals surface area contributed by atoms with E-state index in [0.29, 0.717) is 17.3 Å². The van der Waals surface area contributed by atoms with Gasteiger partial charge in [0.2, 0.25) is 0 Å². The van der Waals surface area contributed by atoms with Crippen LogP contribution in [0.5, 0.6) is 0 Å². The maximum atomic E-state index is 12.9. The van der Waals surface area contributed by atoms with Gasteiger partial charge in [-0.2, -0.15) is 0 Å². The van der Waals surface area contributed by atoms with E-state index in [-0.39, 0.29) is 6.04 Å². The second kappa shape index (κ2) is 6.09. The molecule has 0 fully saturated rings. The number of hydrogen-bond donors (Lipinski definition) is 0. The number of aliphatic imine (C=N–C) groups is 1. The van der Waals surface area contributed by atoms with Crippen molar-refractivity contribution in [1.29, 1.82) is 0 Å². The van der Waals surface area contributed by atoms with Crippen LogP contribution >= 0.6 is 15.9 Å². The Morgan fingerprint density at radius 3 is 2.39 bits per heavy atom. The maximum Gasteiger partial charge on any atom is 0.265 e. The molecule has 0 spiro atoms. The summed E-state index contributed by atoms with van der Waals surface area (Å²) in [5.74, 6) is 0.520. The lowest BCUT2D eigenvalue weighted by Crippen LogP contribution is -2.33. The van der Waals surface area contributed by atoms with Crippen LogP contribution in [-0.4, -0.2) is 25.1 Å². The zero-order valence-electron chi connectivity index (χ0n) is 12.9. The van der Waals surface area contributed by atoms with E-state index < -0.39 is 10.0 Å². The van der Waals surface area contributed by atoms with Crippen molar-refractivity contribution >= 4 is 31.8 Å². The Morgan fingerprint density at radius 2 is 1.74 bits per heavy atom. The third-order valence-electron chi connectivity index (χ3n) is 3.92. The lowest BCUT2D eigenvalue weighted by Gasteiger charge is -2.20. The zero-order chi connectivity index (χ0) is 16.6. The summed E-state index contributed by atoms with van der Waals surface area (Å²) in [6.07, 6.45) is 0. The molecule has 1 aliphatic rings. The molecule has 6 heteroatoms. The van der Waals surface area contributed by atoms with Crippen LogP contribution in [0.4, 0.5) is 0 Å². The predicted molar refractivity (Wildman–Crippen MR) is 95.1 cm³/mol. The molecular formula is C17H17BrN2O2S. The fourth-order valence-corrected chi connectivity index (χ4v) is 4.66. The van der Waals surface area contributed by atoms with E-state index >= 15 is 0 Å². The number of amidine groups is 1. The number of benzene rings is 2. The number of aryl methyl sites for hydroxylation is 1. The van der Waals surface area contributed by atoms with E-state index in [0.717, 1.165) is 15.6 Å². The van der Waals surface area contributed by atoms with E-state index in [1.807, 2.05) is 31.2 Å². The molecule has 1 atom stereocenters. The van der Waals surface area contributed by atoms with Gasteiger partial charge in [-0.3, -0.25) is 9.30 Å². The van der Waals surface area contributed by atoms with E-state index in [1.165, 1.54) is 4.31 Å². The largest absolute Gasteiger partial charge is 0.265 e. The fourth-order valence-electron chi connectivity index (χ4n) is 2.64. The van der Waals surface area contributed by atoms with E-state index in [1.54, 1.807) is 31.2 Å². The molecule has 1 unspecified atom stereocenters. The van der Waals surface area contributed by atoms with Gasteiger partial charge in [-0.15, -0.1) is 0 Å². The van der Waals surface area contributed by atoms with Crippen molar-refractivity contribution in [2.45, 2.75) is 24.8 Å². The van der Waals surface area contributed by atoms with Crippen LogP contribution in [0.1, 0.15) is 24.1 Å². The van der Waals surface area contributed by atoms with Gasteiger partial charge in [-0.1, -0.05) is 51.8 Å². The number of nitrogens with zero attached hydrogens (tertiary/aromatic N) is 2.